The Hall–Kier alpha value is -0.800. The van der Waals surface area contributed by atoms with Crippen LogP contribution in [0.5, 0.6) is 0 Å². The summed E-state index contributed by atoms with van der Waals surface area (Å²) in [6, 6.07) is 3.88. The normalized spacial score (nSPS) is 19.2. The highest BCUT2D eigenvalue weighted by molar-refractivity contribution is 14.0. The highest BCUT2D eigenvalue weighted by atomic mass is 127. The van der Waals surface area contributed by atoms with Gasteiger partial charge in [-0.25, -0.2) is 0 Å². The Labute approximate surface area is 155 Å². The molecule has 132 valence electrons. The van der Waals surface area contributed by atoms with Crippen molar-refractivity contribution in [1.82, 2.24) is 10.6 Å². The van der Waals surface area contributed by atoms with Crippen LogP contribution in [0.1, 0.15) is 25.5 Å². The van der Waals surface area contributed by atoms with Gasteiger partial charge in [0.15, 0.2) is 5.96 Å². The number of aliphatic hydroxyl groups excluding tert-OH is 1. The molecule has 6 nitrogen and oxygen atoms in total. The molecule has 0 radical (unpaired) electrons. The molecule has 1 fully saturated rings. The summed E-state index contributed by atoms with van der Waals surface area (Å²) in [7, 11) is 0. The molecule has 2 rings (SSSR count). The molecule has 1 aliphatic rings. The Balaban J connectivity index is 0.00000264. The van der Waals surface area contributed by atoms with E-state index in [-0.39, 0.29) is 36.6 Å². The SMILES string of the molecule is CC[C@H](CO)NC(=NCC1CCOC1)NCCc1ccco1.I. The highest BCUT2D eigenvalue weighted by Gasteiger charge is 2.15. The van der Waals surface area contributed by atoms with Crippen LogP contribution in [0, 0.1) is 5.92 Å². The molecule has 0 spiro atoms. The molecule has 1 aromatic rings. The van der Waals surface area contributed by atoms with Crippen LogP contribution in [0.4, 0.5) is 0 Å². The predicted molar refractivity (Wildman–Crippen MR) is 101 cm³/mol. The average molecular weight is 437 g/mol. The molecule has 0 aliphatic carbocycles. The van der Waals surface area contributed by atoms with Gasteiger partial charge in [0.1, 0.15) is 5.76 Å². The van der Waals surface area contributed by atoms with Crippen LogP contribution in [-0.4, -0.2) is 50.0 Å². The van der Waals surface area contributed by atoms with Gasteiger partial charge in [0.05, 0.1) is 25.5 Å². The van der Waals surface area contributed by atoms with Gasteiger partial charge >= 0.3 is 0 Å². The molecule has 0 amide bonds. The molecule has 23 heavy (non-hydrogen) atoms. The largest absolute Gasteiger partial charge is 0.469 e. The zero-order valence-electron chi connectivity index (χ0n) is 13.7. The molecule has 0 bridgehead atoms. The van der Waals surface area contributed by atoms with Gasteiger partial charge in [0.2, 0.25) is 0 Å². The van der Waals surface area contributed by atoms with E-state index in [4.69, 9.17) is 9.15 Å². The van der Waals surface area contributed by atoms with Crippen molar-refractivity contribution in [3.8, 4) is 0 Å². The first-order chi connectivity index (χ1) is 10.8. The second-order valence-corrected chi connectivity index (χ2v) is 5.61. The molecule has 2 atom stereocenters. The number of nitrogens with one attached hydrogen (secondary N) is 2. The number of hydrogen-bond donors (Lipinski definition) is 3. The second kappa shape index (κ2) is 11.7. The maximum Gasteiger partial charge on any atom is 0.191 e. The van der Waals surface area contributed by atoms with Crippen LogP contribution in [0.3, 0.4) is 0 Å². The van der Waals surface area contributed by atoms with E-state index in [0.717, 1.165) is 57.3 Å². The fourth-order valence-corrected chi connectivity index (χ4v) is 2.33. The van der Waals surface area contributed by atoms with E-state index >= 15 is 0 Å². The van der Waals surface area contributed by atoms with Crippen molar-refractivity contribution in [3.63, 3.8) is 0 Å². The van der Waals surface area contributed by atoms with Crippen LogP contribution in [0.15, 0.2) is 27.8 Å². The first-order valence-corrected chi connectivity index (χ1v) is 8.07. The third-order valence-electron chi connectivity index (χ3n) is 3.83. The Bertz CT molecular complexity index is 430. The summed E-state index contributed by atoms with van der Waals surface area (Å²) in [5, 5.41) is 15.9. The van der Waals surface area contributed by atoms with Gasteiger partial charge in [-0.1, -0.05) is 6.92 Å². The summed E-state index contributed by atoms with van der Waals surface area (Å²) in [5.74, 6) is 2.20. The van der Waals surface area contributed by atoms with Gasteiger partial charge in [0, 0.05) is 32.0 Å². The highest BCUT2D eigenvalue weighted by Crippen LogP contribution is 2.12. The zero-order chi connectivity index (χ0) is 15.6. The van der Waals surface area contributed by atoms with Crippen molar-refractivity contribution in [2.24, 2.45) is 10.9 Å². The Kier molecular flexibility index (Phi) is 10.3. The lowest BCUT2D eigenvalue weighted by Gasteiger charge is -2.19. The van der Waals surface area contributed by atoms with Crippen molar-refractivity contribution in [2.45, 2.75) is 32.2 Å². The summed E-state index contributed by atoms with van der Waals surface area (Å²) in [6.07, 6.45) is 4.40. The monoisotopic (exact) mass is 437 g/mol. The summed E-state index contributed by atoms with van der Waals surface area (Å²) in [4.78, 5) is 4.63. The first kappa shape index (κ1) is 20.2. The molecule has 7 heteroatoms. The van der Waals surface area contributed by atoms with Crippen LogP contribution in [0.2, 0.25) is 0 Å². The van der Waals surface area contributed by atoms with Gasteiger partial charge in [-0.2, -0.15) is 0 Å². The molecular weight excluding hydrogens is 409 g/mol. The molecule has 1 saturated heterocycles. The smallest absolute Gasteiger partial charge is 0.191 e. The fraction of sp³-hybridized carbons (Fsp3) is 0.688. The molecule has 1 unspecified atom stereocenters. The number of halogens is 1. The molecule has 1 aromatic heterocycles. The lowest BCUT2D eigenvalue weighted by Crippen LogP contribution is -2.45. The summed E-state index contributed by atoms with van der Waals surface area (Å²) in [6.45, 7) is 5.25. The zero-order valence-corrected chi connectivity index (χ0v) is 16.0. The fourth-order valence-electron chi connectivity index (χ4n) is 2.33. The number of rotatable bonds is 8. The van der Waals surface area contributed by atoms with Gasteiger partial charge in [-0.3, -0.25) is 4.99 Å². The lowest BCUT2D eigenvalue weighted by molar-refractivity contribution is 0.187. The van der Waals surface area contributed by atoms with Gasteiger partial charge in [0.25, 0.3) is 0 Å². The standard InChI is InChI=1S/C16H27N3O3.HI/c1-2-14(11-20)19-16(18-10-13-6-9-21-12-13)17-7-5-15-4-3-8-22-15;/h3-4,8,13-14,20H,2,5-7,9-12H2,1H3,(H2,17,18,19);1H/t13?,14-;/m1./s1. The minimum atomic E-state index is 0. The minimum Gasteiger partial charge on any atom is -0.469 e. The average Bonchev–Trinajstić information content (AvgIpc) is 3.22. The summed E-state index contributed by atoms with van der Waals surface area (Å²) < 4.78 is 10.7. The molecule has 2 heterocycles. The summed E-state index contributed by atoms with van der Waals surface area (Å²) >= 11 is 0. The maximum atomic E-state index is 9.35. The topological polar surface area (TPSA) is 79.0 Å². The Morgan fingerprint density at radius 1 is 1.52 bits per heavy atom. The van der Waals surface area contributed by atoms with Gasteiger partial charge in [-0.15, -0.1) is 24.0 Å². The Morgan fingerprint density at radius 2 is 2.39 bits per heavy atom. The van der Waals surface area contributed by atoms with Crippen LogP contribution < -0.4 is 10.6 Å². The molecule has 3 N–H and O–H groups in total. The second-order valence-electron chi connectivity index (χ2n) is 5.61. The molecule has 0 saturated carbocycles. The number of aliphatic imine (C=N–C) groups is 1. The van der Waals surface area contributed by atoms with Crippen molar-refractivity contribution in [3.05, 3.63) is 24.2 Å². The van der Waals surface area contributed by atoms with E-state index in [9.17, 15) is 5.11 Å². The molecule has 0 aromatic carbocycles. The van der Waals surface area contributed by atoms with E-state index in [1.807, 2.05) is 19.1 Å². The van der Waals surface area contributed by atoms with Crippen LogP contribution in [0.25, 0.3) is 0 Å². The number of hydrogen-bond acceptors (Lipinski definition) is 4. The van der Waals surface area contributed by atoms with Crippen LogP contribution in [-0.2, 0) is 11.2 Å². The third-order valence-corrected chi connectivity index (χ3v) is 3.83. The van der Waals surface area contributed by atoms with Gasteiger partial charge in [-0.05, 0) is 25.0 Å². The van der Waals surface area contributed by atoms with E-state index in [1.165, 1.54) is 0 Å². The van der Waals surface area contributed by atoms with Crippen molar-refractivity contribution < 1.29 is 14.3 Å². The van der Waals surface area contributed by atoms with E-state index < -0.39 is 0 Å². The van der Waals surface area contributed by atoms with Crippen molar-refractivity contribution >= 4 is 29.9 Å². The van der Waals surface area contributed by atoms with E-state index in [2.05, 4.69) is 15.6 Å². The molecule has 1 aliphatic heterocycles. The quantitative estimate of drug-likeness (QED) is 0.328. The van der Waals surface area contributed by atoms with Gasteiger partial charge < -0.3 is 24.9 Å². The van der Waals surface area contributed by atoms with Crippen LogP contribution >= 0.6 is 24.0 Å². The Morgan fingerprint density at radius 3 is 3.00 bits per heavy atom. The third kappa shape index (κ3) is 7.54. The number of aliphatic hydroxyl groups is 1. The first-order valence-electron chi connectivity index (χ1n) is 8.07. The lowest BCUT2D eigenvalue weighted by atomic mass is 10.1. The van der Waals surface area contributed by atoms with Crippen molar-refractivity contribution in [1.29, 1.82) is 0 Å². The number of nitrogens with zero attached hydrogens (tertiary/aromatic N) is 1. The minimum absolute atomic E-state index is 0. The van der Waals surface area contributed by atoms with Crippen molar-refractivity contribution in [2.75, 3.05) is 32.9 Å². The van der Waals surface area contributed by atoms with E-state index in [1.54, 1.807) is 6.26 Å². The predicted octanol–water partition coefficient (Wildman–Crippen LogP) is 1.78. The molecular formula is C16H28IN3O3. The maximum absolute atomic E-state index is 9.35. The van der Waals surface area contributed by atoms with E-state index in [0.29, 0.717) is 5.92 Å². The number of guanidine groups is 1. The number of ether oxygens (including phenoxy) is 1. The number of furan rings is 1. The summed E-state index contributed by atoms with van der Waals surface area (Å²) in [5.41, 5.74) is 0.